The van der Waals surface area contributed by atoms with Gasteiger partial charge in [-0.2, -0.15) is 0 Å². The predicted octanol–water partition coefficient (Wildman–Crippen LogP) is 2.96. The summed E-state index contributed by atoms with van der Waals surface area (Å²) in [5.74, 6) is 1.67. The molecule has 1 fully saturated rings. The maximum Gasteiger partial charge on any atom is 0.124 e. The third-order valence-electron chi connectivity index (χ3n) is 6.00. The van der Waals surface area contributed by atoms with Gasteiger partial charge in [0.15, 0.2) is 0 Å². The Bertz CT molecular complexity index is 842. The van der Waals surface area contributed by atoms with Crippen LogP contribution in [0.15, 0.2) is 36.4 Å². The Balaban J connectivity index is 1.65. The van der Waals surface area contributed by atoms with Crippen LogP contribution in [0.25, 0.3) is 0 Å². The van der Waals surface area contributed by atoms with E-state index in [1.165, 1.54) is 11.1 Å². The monoisotopic (exact) mass is 428 g/mol. The van der Waals surface area contributed by atoms with Crippen molar-refractivity contribution in [2.24, 2.45) is 0 Å². The maximum atomic E-state index is 9.68. The second-order valence-corrected chi connectivity index (χ2v) is 8.21. The predicted molar refractivity (Wildman–Crippen MR) is 122 cm³/mol. The molecular formula is C25H36N2O4. The number of aliphatic hydroxyl groups excluding tert-OH is 2. The number of rotatable bonds is 10. The SMILES string of the molecule is CCOc1ccc(CN2CCN(Cc3ccc(OC)c(C)c3)C(CCO)C2)cc1CO. The van der Waals surface area contributed by atoms with Crippen LogP contribution in [0.5, 0.6) is 11.5 Å². The summed E-state index contributed by atoms with van der Waals surface area (Å²) in [6, 6.07) is 12.7. The molecule has 170 valence electrons. The highest BCUT2D eigenvalue weighted by Gasteiger charge is 2.27. The molecule has 1 atom stereocenters. The van der Waals surface area contributed by atoms with Crippen LogP contribution in [0.4, 0.5) is 0 Å². The van der Waals surface area contributed by atoms with Gasteiger partial charge in [0.05, 0.1) is 20.3 Å². The van der Waals surface area contributed by atoms with Crippen LogP contribution >= 0.6 is 0 Å². The number of hydrogen-bond donors (Lipinski definition) is 2. The van der Waals surface area contributed by atoms with Crippen LogP contribution in [0.1, 0.15) is 35.6 Å². The lowest BCUT2D eigenvalue weighted by molar-refractivity contribution is 0.0499. The van der Waals surface area contributed by atoms with Crippen molar-refractivity contribution in [3.8, 4) is 11.5 Å². The van der Waals surface area contributed by atoms with E-state index in [1.54, 1.807) is 7.11 Å². The molecule has 0 spiro atoms. The standard InChI is InChI=1S/C25H36N2O4/c1-4-31-25-8-6-21(14-22(25)18-29)15-26-10-11-27(23(17-26)9-12-28)16-20-5-7-24(30-3)19(2)13-20/h5-8,13-14,23,28-29H,4,9-12,15-18H2,1-3H3. The fourth-order valence-electron chi connectivity index (χ4n) is 4.41. The number of benzene rings is 2. The van der Waals surface area contributed by atoms with Crippen molar-refractivity contribution in [2.75, 3.05) is 40.0 Å². The van der Waals surface area contributed by atoms with E-state index in [0.29, 0.717) is 12.6 Å². The van der Waals surface area contributed by atoms with E-state index in [0.717, 1.165) is 61.8 Å². The number of methoxy groups -OCH3 is 1. The summed E-state index contributed by atoms with van der Waals surface area (Å²) in [5.41, 5.74) is 4.43. The number of aryl methyl sites for hydroxylation is 1. The molecule has 2 aromatic rings. The third kappa shape index (κ3) is 6.20. The van der Waals surface area contributed by atoms with Crippen molar-refractivity contribution in [3.63, 3.8) is 0 Å². The minimum absolute atomic E-state index is 0.0225. The second-order valence-electron chi connectivity index (χ2n) is 8.21. The average molecular weight is 429 g/mol. The number of aliphatic hydroxyl groups is 2. The third-order valence-corrected chi connectivity index (χ3v) is 6.00. The van der Waals surface area contributed by atoms with Gasteiger partial charge < -0.3 is 19.7 Å². The van der Waals surface area contributed by atoms with Crippen LogP contribution in [0.2, 0.25) is 0 Å². The Labute approximate surface area is 186 Å². The van der Waals surface area contributed by atoms with Crippen LogP contribution < -0.4 is 9.47 Å². The maximum absolute atomic E-state index is 9.68. The molecule has 0 aliphatic carbocycles. The first-order valence-electron chi connectivity index (χ1n) is 11.1. The van der Waals surface area contributed by atoms with Gasteiger partial charge in [-0.15, -0.1) is 0 Å². The molecule has 0 saturated carbocycles. The highest BCUT2D eigenvalue weighted by molar-refractivity contribution is 5.37. The summed E-state index contributed by atoms with van der Waals surface area (Å²) in [6.45, 7) is 9.32. The molecule has 2 N–H and O–H groups in total. The fraction of sp³-hybridized carbons (Fsp3) is 0.520. The quantitative estimate of drug-likeness (QED) is 0.607. The van der Waals surface area contributed by atoms with Gasteiger partial charge in [0.2, 0.25) is 0 Å². The number of ether oxygens (including phenoxy) is 2. The summed E-state index contributed by atoms with van der Waals surface area (Å²) in [4.78, 5) is 4.91. The van der Waals surface area contributed by atoms with E-state index in [9.17, 15) is 10.2 Å². The first-order chi connectivity index (χ1) is 15.1. The fourth-order valence-corrected chi connectivity index (χ4v) is 4.41. The topological polar surface area (TPSA) is 65.4 Å². The van der Waals surface area contributed by atoms with Gasteiger partial charge in [0.25, 0.3) is 0 Å². The highest BCUT2D eigenvalue weighted by Crippen LogP contribution is 2.24. The van der Waals surface area contributed by atoms with Gasteiger partial charge in [-0.3, -0.25) is 9.80 Å². The Hall–Kier alpha value is -2.12. The smallest absolute Gasteiger partial charge is 0.124 e. The average Bonchev–Trinajstić information content (AvgIpc) is 2.77. The summed E-state index contributed by atoms with van der Waals surface area (Å²) in [7, 11) is 1.70. The molecule has 2 aromatic carbocycles. The molecular weight excluding hydrogens is 392 g/mol. The van der Waals surface area contributed by atoms with Crippen molar-refractivity contribution < 1.29 is 19.7 Å². The lowest BCUT2D eigenvalue weighted by Gasteiger charge is -2.41. The zero-order valence-corrected chi connectivity index (χ0v) is 19.0. The van der Waals surface area contributed by atoms with Crippen LogP contribution in [-0.2, 0) is 19.7 Å². The van der Waals surface area contributed by atoms with Crippen molar-refractivity contribution in [1.29, 1.82) is 0 Å². The molecule has 1 heterocycles. The molecule has 0 radical (unpaired) electrons. The van der Waals surface area contributed by atoms with Crippen molar-refractivity contribution in [3.05, 3.63) is 58.7 Å². The summed E-state index contributed by atoms with van der Waals surface area (Å²) in [5, 5.41) is 19.3. The Morgan fingerprint density at radius 1 is 1.00 bits per heavy atom. The van der Waals surface area contributed by atoms with Gasteiger partial charge in [0.1, 0.15) is 11.5 Å². The van der Waals surface area contributed by atoms with E-state index in [-0.39, 0.29) is 13.2 Å². The molecule has 6 nitrogen and oxygen atoms in total. The molecule has 1 unspecified atom stereocenters. The minimum Gasteiger partial charge on any atom is -0.496 e. The molecule has 1 aliphatic heterocycles. The highest BCUT2D eigenvalue weighted by atomic mass is 16.5. The van der Waals surface area contributed by atoms with Crippen molar-refractivity contribution in [1.82, 2.24) is 9.80 Å². The summed E-state index contributed by atoms with van der Waals surface area (Å²) in [6.07, 6.45) is 0.761. The molecule has 3 rings (SSSR count). The summed E-state index contributed by atoms with van der Waals surface area (Å²) >= 11 is 0. The zero-order valence-electron chi connectivity index (χ0n) is 19.0. The van der Waals surface area contributed by atoms with Gasteiger partial charge >= 0.3 is 0 Å². The van der Waals surface area contributed by atoms with E-state index in [2.05, 4.69) is 34.9 Å². The zero-order chi connectivity index (χ0) is 22.2. The van der Waals surface area contributed by atoms with Gasteiger partial charge in [-0.25, -0.2) is 0 Å². The first kappa shape index (κ1) is 23.5. The first-order valence-corrected chi connectivity index (χ1v) is 11.1. The lowest BCUT2D eigenvalue weighted by Crippen LogP contribution is -2.52. The van der Waals surface area contributed by atoms with Crippen molar-refractivity contribution >= 4 is 0 Å². The van der Waals surface area contributed by atoms with E-state index in [1.807, 2.05) is 25.1 Å². The number of piperazine rings is 1. The molecule has 6 heteroatoms. The Morgan fingerprint density at radius 2 is 1.74 bits per heavy atom. The molecule has 1 aliphatic rings. The van der Waals surface area contributed by atoms with Gasteiger partial charge in [0, 0.05) is 50.9 Å². The normalized spacial score (nSPS) is 17.6. The lowest BCUT2D eigenvalue weighted by atomic mass is 10.0. The molecule has 0 amide bonds. The number of nitrogens with zero attached hydrogens (tertiary/aromatic N) is 2. The van der Waals surface area contributed by atoms with E-state index < -0.39 is 0 Å². The van der Waals surface area contributed by atoms with E-state index in [4.69, 9.17) is 9.47 Å². The minimum atomic E-state index is -0.0225. The summed E-state index contributed by atoms with van der Waals surface area (Å²) < 4.78 is 11.0. The van der Waals surface area contributed by atoms with Gasteiger partial charge in [-0.1, -0.05) is 18.2 Å². The van der Waals surface area contributed by atoms with Crippen molar-refractivity contribution in [2.45, 2.75) is 46.0 Å². The molecule has 0 bridgehead atoms. The largest absolute Gasteiger partial charge is 0.496 e. The van der Waals surface area contributed by atoms with Gasteiger partial charge in [-0.05, 0) is 55.2 Å². The molecule has 1 saturated heterocycles. The van der Waals surface area contributed by atoms with Crippen LogP contribution in [0, 0.1) is 6.92 Å². The van der Waals surface area contributed by atoms with Crippen LogP contribution in [0.3, 0.4) is 0 Å². The Kier molecular flexibility index (Phi) is 8.72. The van der Waals surface area contributed by atoms with E-state index >= 15 is 0 Å². The number of hydrogen-bond acceptors (Lipinski definition) is 6. The molecule has 0 aromatic heterocycles. The molecule has 31 heavy (non-hydrogen) atoms. The second kappa shape index (κ2) is 11.5. The Morgan fingerprint density at radius 3 is 2.39 bits per heavy atom. The van der Waals surface area contributed by atoms with Crippen LogP contribution in [-0.4, -0.2) is 66.0 Å².